The molecule has 3 rings (SSSR count). The zero-order chi connectivity index (χ0) is 14.8. The number of hydrogen-bond donors (Lipinski definition) is 1. The minimum Gasteiger partial charge on any atom is -0.459 e. The van der Waals surface area contributed by atoms with Gasteiger partial charge in [-0.15, -0.1) is 0 Å². The molecule has 0 saturated carbocycles. The van der Waals surface area contributed by atoms with E-state index in [-0.39, 0.29) is 6.04 Å². The van der Waals surface area contributed by atoms with Crippen molar-refractivity contribution >= 4 is 11.0 Å². The average molecular weight is 286 g/mol. The fourth-order valence-electron chi connectivity index (χ4n) is 3.16. The number of benzene rings is 1. The van der Waals surface area contributed by atoms with Gasteiger partial charge in [-0.1, -0.05) is 18.2 Å². The molecule has 2 aromatic rings. The highest BCUT2D eigenvalue weighted by Gasteiger charge is 2.24. The molecule has 1 aliphatic heterocycles. The Morgan fingerprint density at radius 1 is 1.29 bits per heavy atom. The van der Waals surface area contributed by atoms with Crippen molar-refractivity contribution in [1.29, 1.82) is 0 Å². The van der Waals surface area contributed by atoms with Gasteiger partial charge in [0.25, 0.3) is 0 Å². The summed E-state index contributed by atoms with van der Waals surface area (Å²) in [5, 5.41) is 4.83. The number of nitrogens with one attached hydrogen (secondary N) is 1. The van der Waals surface area contributed by atoms with Gasteiger partial charge >= 0.3 is 0 Å². The summed E-state index contributed by atoms with van der Waals surface area (Å²) in [5.41, 5.74) is 0.980. The van der Waals surface area contributed by atoms with E-state index in [1.807, 2.05) is 12.1 Å². The van der Waals surface area contributed by atoms with Crippen molar-refractivity contribution in [2.45, 2.75) is 39.3 Å². The minimum absolute atomic E-state index is 0.269. The van der Waals surface area contributed by atoms with Crippen LogP contribution in [-0.4, -0.2) is 30.6 Å². The molecule has 3 heteroatoms. The van der Waals surface area contributed by atoms with E-state index in [1.54, 1.807) is 0 Å². The van der Waals surface area contributed by atoms with Crippen LogP contribution < -0.4 is 5.32 Å². The molecule has 3 nitrogen and oxygen atoms in total. The molecule has 0 aliphatic carbocycles. The average Bonchev–Trinajstić information content (AvgIpc) is 3.11. The monoisotopic (exact) mass is 286 g/mol. The van der Waals surface area contributed by atoms with Gasteiger partial charge in [-0.2, -0.15) is 0 Å². The third-order valence-electron chi connectivity index (χ3n) is 4.63. The van der Waals surface area contributed by atoms with Gasteiger partial charge in [0, 0.05) is 18.0 Å². The second-order valence-electron chi connectivity index (χ2n) is 6.56. The van der Waals surface area contributed by atoms with E-state index in [9.17, 15) is 0 Å². The van der Waals surface area contributed by atoms with Gasteiger partial charge in [0.05, 0.1) is 6.04 Å². The van der Waals surface area contributed by atoms with E-state index in [0.29, 0.717) is 6.04 Å². The maximum Gasteiger partial charge on any atom is 0.134 e. The molecule has 1 aliphatic rings. The maximum atomic E-state index is 5.93. The number of likely N-dealkylation sites (tertiary alicyclic amines) is 1. The number of fused-ring (bicyclic) bond motifs is 1. The topological polar surface area (TPSA) is 28.4 Å². The van der Waals surface area contributed by atoms with Crippen molar-refractivity contribution < 1.29 is 4.42 Å². The van der Waals surface area contributed by atoms with Crippen LogP contribution in [-0.2, 0) is 0 Å². The number of furan rings is 1. The van der Waals surface area contributed by atoms with Crippen LogP contribution in [0.3, 0.4) is 0 Å². The quantitative estimate of drug-likeness (QED) is 0.906. The highest BCUT2D eigenvalue weighted by Crippen LogP contribution is 2.24. The first kappa shape index (κ1) is 14.6. The molecule has 1 saturated heterocycles. The lowest BCUT2D eigenvalue weighted by molar-refractivity contribution is 0.262. The molecule has 1 fully saturated rings. The molecule has 21 heavy (non-hydrogen) atoms. The summed E-state index contributed by atoms with van der Waals surface area (Å²) in [6.45, 7) is 10.3. The van der Waals surface area contributed by atoms with Gasteiger partial charge in [-0.05, 0) is 58.3 Å². The van der Waals surface area contributed by atoms with E-state index < -0.39 is 0 Å². The molecule has 2 unspecified atom stereocenters. The van der Waals surface area contributed by atoms with Gasteiger partial charge in [-0.3, -0.25) is 0 Å². The van der Waals surface area contributed by atoms with Crippen LogP contribution in [0, 0.1) is 5.92 Å². The fraction of sp³-hybridized carbons (Fsp3) is 0.556. The van der Waals surface area contributed by atoms with Crippen LogP contribution >= 0.6 is 0 Å². The Kier molecular flexibility index (Phi) is 4.32. The van der Waals surface area contributed by atoms with E-state index >= 15 is 0 Å². The lowest BCUT2D eigenvalue weighted by Crippen LogP contribution is -2.31. The van der Waals surface area contributed by atoms with Gasteiger partial charge in [0.15, 0.2) is 0 Å². The Labute approximate surface area is 127 Å². The van der Waals surface area contributed by atoms with Crippen molar-refractivity contribution in [1.82, 2.24) is 10.2 Å². The molecule has 0 spiro atoms. The Bertz CT molecular complexity index is 557. The normalized spacial score (nSPS) is 21.4. The summed E-state index contributed by atoms with van der Waals surface area (Å²) in [6, 6.07) is 11.3. The lowest BCUT2D eigenvalue weighted by Gasteiger charge is -2.21. The highest BCUT2D eigenvalue weighted by atomic mass is 16.3. The Morgan fingerprint density at radius 3 is 2.81 bits per heavy atom. The van der Waals surface area contributed by atoms with Crippen LogP contribution in [0.5, 0.6) is 0 Å². The zero-order valence-corrected chi connectivity index (χ0v) is 13.3. The SMILES string of the molecule is CC(NCC1CCN(C(C)C)C1)c1cc2ccccc2o1. The predicted molar refractivity (Wildman–Crippen MR) is 87.4 cm³/mol. The highest BCUT2D eigenvalue weighted by molar-refractivity contribution is 5.77. The fourth-order valence-corrected chi connectivity index (χ4v) is 3.16. The van der Waals surface area contributed by atoms with E-state index in [2.05, 4.69) is 49.2 Å². The molecule has 114 valence electrons. The van der Waals surface area contributed by atoms with Crippen molar-refractivity contribution in [3.63, 3.8) is 0 Å². The largest absolute Gasteiger partial charge is 0.459 e. The Morgan fingerprint density at radius 2 is 2.10 bits per heavy atom. The van der Waals surface area contributed by atoms with E-state index in [1.165, 1.54) is 24.9 Å². The van der Waals surface area contributed by atoms with Crippen LogP contribution in [0.4, 0.5) is 0 Å². The molecule has 1 aromatic carbocycles. The van der Waals surface area contributed by atoms with Crippen LogP contribution in [0.15, 0.2) is 34.7 Å². The molecule has 2 atom stereocenters. The molecular weight excluding hydrogens is 260 g/mol. The molecule has 0 radical (unpaired) electrons. The van der Waals surface area contributed by atoms with Crippen LogP contribution in [0.25, 0.3) is 11.0 Å². The summed E-state index contributed by atoms with van der Waals surface area (Å²) in [5.74, 6) is 1.80. The number of rotatable bonds is 5. The molecular formula is C18H26N2O. The summed E-state index contributed by atoms with van der Waals surface area (Å²) in [7, 11) is 0. The molecule has 0 bridgehead atoms. The first-order valence-corrected chi connectivity index (χ1v) is 8.09. The number of nitrogens with zero attached hydrogens (tertiary/aromatic N) is 1. The van der Waals surface area contributed by atoms with E-state index in [0.717, 1.165) is 23.8 Å². The maximum absolute atomic E-state index is 5.93. The second-order valence-corrected chi connectivity index (χ2v) is 6.56. The standard InChI is InChI=1S/C18H26N2O/c1-13(2)20-9-8-15(12-20)11-19-14(3)18-10-16-6-4-5-7-17(16)21-18/h4-7,10,13-15,19H,8-9,11-12H2,1-3H3. The molecule has 2 heterocycles. The lowest BCUT2D eigenvalue weighted by atomic mass is 10.1. The van der Waals surface area contributed by atoms with Crippen LogP contribution in [0.2, 0.25) is 0 Å². The van der Waals surface area contributed by atoms with Crippen molar-refractivity contribution in [2.24, 2.45) is 5.92 Å². The van der Waals surface area contributed by atoms with Gasteiger partial charge in [0.1, 0.15) is 11.3 Å². The third kappa shape index (κ3) is 3.30. The zero-order valence-electron chi connectivity index (χ0n) is 13.3. The number of hydrogen-bond acceptors (Lipinski definition) is 3. The van der Waals surface area contributed by atoms with Gasteiger partial charge in [-0.25, -0.2) is 0 Å². The van der Waals surface area contributed by atoms with Crippen molar-refractivity contribution in [3.8, 4) is 0 Å². The van der Waals surface area contributed by atoms with Crippen molar-refractivity contribution in [3.05, 3.63) is 36.1 Å². The molecule has 1 aromatic heterocycles. The van der Waals surface area contributed by atoms with Gasteiger partial charge in [0.2, 0.25) is 0 Å². The summed E-state index contributed by atoms with van der Waals surface area (Å²) in [6.07, 6.45) is 1.30. The summed E-state index contributed by atoms with van der Waals surface area (Å²) < 4.78 is 5.93. The summed E-state index contributed by atoms with van der Waals surface area (Å²) in [4.78, 5) is 2.57. The minimum atomic E-state index is 0.269. The van der Waals surface area contributed by atoms with E-state index in [4.69, 9.17) is 4.42 Å². The number of para-hydroxylation sites is 1. The van der Waals surface area contributed by atoms with Gasteiger partial charge < -0.3 is 14.6 Å². The van der Waals surface area contributed by atoms with Crippen LogP contribution in [0.1, 0.15) is 39.0 Å². The second kappa shape index (κ2) is 6.20. The third-order valence-corrected chi connectivity index (χ3v) is 4.63. The summed E-state index contributed by atoms with van der Waals surface area (Å²) >= 11 is 0. The first-order valence-electron chi connectivity index (χ1n) is 8.09. The Hall–Kier alpha value is -1.32. The molecule has 0 amide bonds. The first-order chi connectivity index (χ1) is 10.1. The smallest absolute Gasteiger partial charge is 0.134 e. The molecule has 1 N–H and O–H groups in total. The van der Waals surface area contributed by atoms with Crippen molar-refractivity contribution in [2.75, 3.05) is 19.6 Å². The Balaban J connectivity index is 1.56. The predicted octanol–water partition coefficient (Wildman–Crippen LogP) is 3.81.